The highest BCUT2D eigenvalue weighted by molar-refractivity contribution is 9.11. The molecule has 5 nitrogen and oxygen atoms in total. The maximum Gasteiger partial charge on any atom is 0.242 e. The fraction of sp³-hybridized carbons (Fsp3) is 0.308. The molecule has 2 rings (SSSR count). The van der Waals surface area contributed by atoms with E-state index in [0.717, 1.165) is 10.6 Å². The van der Waals surface area contributed by atoms with Crippen LogP contribution in [-0.4, -0.2) is 20.4 Å². The topological polar surface area (TPSA) is 71.1 Å². The lowest BCUT2D eigenvalue weighted by Crippen LogP contribution is -2.23. The highest BCUT2D eigenvalue weighted by Crippen LogP contribution is 2.31. The van der Waals surface area contributed by atoms with Crippen LogP contribution in [-0.2, 0) is 23.1 Å². The Labute approximate surface area is 137 Å². The quantitative estimate of drug-likeness (QED) is 0.795. The van der Waals surface area contributed by atoms with Gasteiger partial charge in [-0.3, -0.25) is 4.98 Å². The van der Waals surface area contributed by atoms with Crippen molar-refractivity contribution in [1.29, 1.82) is 0 Å². The molecule has 2 heterocycles. The molecule has 0 spiro atoms. The lowest BCUT2D eigenvalue weighted by molar-refractivity contribution is 0.580. The number of halogens is 1. The summed E-state index contributed by atoms with van der Waals surface area (Å²) in [5.41, 5.74) is 1.56. The third-order valence-corrected chi connectivity index (χ3v) is 6.39. The molecule has 2 aromatic heterocycles. The fourth-order valence-corrected chi connectivity index (χ4v) is 5.48. The molecular weight excluding hydrogens is 374 g/mol. The average molecular weight is 390 g/mol. The Morgan fingerprint density at radius 3 is 2.76 bits per heavy atom. The number of aryl methyl sites for hydroxylation is 1. The van der Waals surface area contributed by atoms with E-state index in [9.17, 15) is 8.42 Å². The van der Waals surface area contributed by atoms with E-state index in [0.29, 0.717) is 16.0 Å². The van der Waals surface area contributed by atoms with Crippen LogP contribution in [0.3, 0.4) is 0 Å². The molecule has 0 aliphatic carbocycles. The standard InChI is InChI=1S/C13H16BrN3O2S2/c1-9-4-3-5-10(17-9)7-16-21(18,19)12-6-11(8-15-2)20-13(12)14/h3-6,15-16H,7-8H2,1-2H3. The summed E-state index contributed by atoms with van der Waals surface area (Å²) >= 11 is 4.73. The van der Waals surface area contributed by atoms with Crippen molar-refractivity contribution in [3.8, 4) is 0 Å². The molecule has 0 fully saturated rings. The summed E-state index contributed by atoms with van der Waals surface area (Å²) in [4.78, 5) is 5.51. The van der Waals surface area contributed by atoms with Crippen molar-refractivity contribution < 1.29 is 8.42 Å². The zero-order chi connectivity index (χ0) is 15.5. The van der Waals surface area contributed by atoms with E-state index in [1.54, 1.807) is 12.1 Å². The molecule has 0 aromatic carbocycles. The Morgan fingerprint density at radius 2 is 2.10 bits per heavy atom. The first-order chi connectivity index (χ1) is 9.92. The fourth-order valence-electron chi connectivity index (χ4n) is 1.79. The molecule has 8 heteroatoms. The summed E-state index contributed by atoms with van der Waals surface area (Å²) in [6.07, 6.45) is 0. The summed E-state index contributed by atoms with van der Waals surface area (Å²) in [6.45, 7) is 2.68. The number of aromatic nitrogens is 1. The number of thiophene rings is 1. The van der Waals surface area contributed by atoms with Gasteiger partial charge in [-0.25, -0.2) is 13.1 Å². The van der Waals surface area contributed by atoms with Crippen molar-refractivity contribution in [1.82, 2.24) is 15.0 Å². The molecule has 0 saturated carbocycles. The van der Waals surface area contributed by atoms with E-state index < -0.39 is 10.0 Å². The summed E-state index contributed by atoms with van der Waals surface area (Å²) in [5, 5.41) is 3.00. The Bertz CT molecular complexity index is 729. The molecule has 0 bridgehead atoms. The smallest absolute Gasteiger partial charge is 0.242 e. The number of nitrogens with zero attached hydrogens (tertiary/aromatic N) is 1. The Morgan fingerprint density at radius 1 is 1.33 bits per heavy atom. The predicted octanol–water partition coefficient (Wildman–Crippen LogP) is 2.41. The van der Waals surface area contributed by atoms with Crippen LogP contribution < -0.4 is 10.0 Å². The molecule has 0 atom stereocenters. The monoisotopic (exact) mass is 389 g/mol. The Kier molecular flexibility index (Phi) is 5.50. The lowest BCUT2D eigenvalue weighted by Gasteiger charge is -2.06. The zero-order valence-electron chi connectivity index (χ0n) is 11.7. The molecule has 21 heavy (non-hydrogen) atoms. The SMILES string of the molecule is CNCc1cc(S(=O)(=O)NCc2cccc(C)n2)c(Br)s1. The van der Waals surface area contributed by atoms with Gasteiger partial charge in [0.1, 0.15) is 4.90 Å². The van der Waals surface area contributed by atoms with Crippen LogP contribution in [0.1, 0.15) is 16.3 Å². The molecule has 0 amide bonds. The minimum atomic E-state index is -3.55. The molecule has 0 aliphatic rings. The van der Waals surface area contributed by atoms with Crippen molar-refractivity contribution in [2.75, 3.05) is 7.05 Å². The number of nitrogens with one attached hydrogen (secondary N) is 2. The summed E-state index contributed by atoms with van der Waals surface area (Å²) < 4.78 is 27.9. The molecule has 0 saturated heterocycles. The Hall–Kier alpha value is -0.800. The molecule has 114 valence electrons. The van der Waals surface area contributed by atoms with Gasteiger partial charge in [0, 0.05) is 17.1 Å². The minimum Gasteiger partial charge on any atom is -0.315 e. The first kappa shape index (κ1) is 16.6. The van der Waals surface area contributed by atoms with Crippen molar-refractivity contribution >= 4 is 37.3 Å². The normalized spacial score (nSPS) is 11.8. The van der Waals surface area contributed by atoms with Gasteiger partial charge in [0.2, 0.25) is 10.0 Å². The minimum absolute atomic E-state index is 0.174. The van der Waals surface area contributed by atoms with Crippen molar-refractivity contribution in [2.24, 2.45) is 0 Å². The average Bonchev–Trinajstić information content (AvgIpc) is 2.79. The van der Waals surface area contributed by atoms with Gasteiger partial charge < -0.3 is 5.32 Å². The van der Waals surface area contributed by atoms with Gasteiger partial charge in [0.15, 0.2) is 0 Å². The zero-order valence-corrected chi connectivity index (χ0v) is 14.9. The number of hydrogen-bond donors (Lipinski definition) is 2. The molecule has 0 unspecified atom stereocenters. The number of sulfonamides is 1. The van der Waals surface area contributed by atoms with E-state index in [4.69, 9.17) is 0 Å². The van der Waals surface area contributed by atoms with Gasteiger partial charge in [-0.15, -0.1) is 11.3 Å². The lowest BCUT2D eigenvalue weighted by atomic mass is 10.3. The maximum absolute atomic E-state index is 12.3. The number of rotatable bonds is 6. The van der Waals surface area contributed by atoms with Crippen molar-refractivity contribution in [3.63, 3.8) is 0 Å². The van der Waals surface area contributed by atoms with Crippen LogP contribution in [0.25, 0.3) is 0 Å². The second-order valence-electron chi connectivity index (χ2n) is 4.48. The number of hydrogen-bond acceptors (Lipinski definition) is 5. The molecular formula is C13H16BrN3O2S2. The van der Waals surface area contributed by atoms with E-state index in [1.165, 1.54) is 11.3 Å². The van der Waals surface area contributed by atoms with Gasteiger partial charge in [-0.2, -0.15) is 0 Å². The van der Waals surface area contributed by atoms with Gasteiger partial charge in [0.25, 0.3) is 0 Å². The highest BCUT2D eigenvalue weighted by Gasteiger charge is 2.20. The van der Waals surface area contributed by atoms with Gasteiger partial charge in [-0.1, -0.05) is 6.07 Å². The molecule has 2 N–H and O–H groups in total. The van der Waals surface area contributed by atoms with Crippen LogP contribution in [0, 0.1) is 6.92 Å². The van der Waals surface area contributed by atoms with Gasteiger partial charge >= 0.3 is 0 Å². The Balaban J connectivity index is 2.15. The van der Waals surface area contributed by atoms with Crippen molar-refractivity contribution in [3.05, 3.63) is 44.3 Å². The largest absolute Gasteiger partial charge is 0.315 e. The van der Waals surface area contributed by atoms with E-state index in [-0.39, 0.29) is 11.4 Å². The summed E-state index contributed by atoms with van der Waals surface area (Å²) in [6, 6.07) is 7.21. The van der Waals surface area contributed by atoms with Crippen LogP contribution >= 0.6 is 27.3 Å². The summed E-state index contributed by atoms with van der Waals surface area (Å²) in [7, 11) is -1.73. The first-order valence-corrected chi connectivity index (χ1v) is 9.36. The van der Waals surface area contributed by atoms with E-state index in [1.807, 2.05) is 26.1 Å². The maximum atomic E-state index is 12.3. The predicted molar refractivity (Wildman–Crippen MR) is 87.8 cm³/mol. The van der Waals surface area contributed by atoms with Crippen molar-refractivity contribution in [2.45, 2.75) is 24.9 Å². The van der Waals surface area contributed by atoms with Gasteiger partial charge in [0.05, 0.1) is 16.0 Å². The second kappa shape index (κ2) is 6.97. The van der Waals surface area contributed by atoms with E-state index >= 15 is 0 Å². The second-order valence-corrected chi connectivity index (χ2v) is 8.67. The first-order valence-electron chi connectivity index (χ1n) is 6.27. The third kappa shape index (κ3) is 4.33. The molecule has 2 aromatic rings. The highest BCUT2D eigenvalue weighted by atomic mass is 79.9. The van der Waals surface area contributed by atoms with Crippen LogP contribution in [0.4, 0.5) is 0 Å². The summed E-state index contributed by atoms with van der Waals surface area (Å²) in [5.74, 6) is 0. The van der Waals surface area contributed by atoms with Crippen LogP contribution in [0.2, 0.25) is 0 Å². The molecule has 0 radical (unpaired) electrons. The number of pyridine rings is 1. The molecule has 0 aliphatic heterocycles. The van der Waals surface area contributed by atoms with Crippen LogP contribution in [0.5, 0.6) is 0 Å². The third-order valence-electron chi connectivity index (χ3n) is 2.74. The van der Waals surface area contributed by atoms with Gasteiger partial charge in [-0.05, 0) is 48.1 Å². The van der Waals surface area contributed by atoms with E-state index in [2.05, 4.69) is 31.0 Å². The van der Waals surface area contributed by atoms with Crippen LogP contribution in [0.15, 0.2) is 32.9 Å².